The molecule has 0 radical (unpaired) electrons. The van der Waals surface area contributed by atoms with Gasteiger partial charge >= 0.3 is 5.97 Å². The van der Waals surface area contributed by atoms with Crippen molar-refractivity contribution in [1.82, 2.24) is 0 Å². The van der Waals surface area contributed by atoms with Crippen LogP contribution in [0.4, 0.5) is 0 Å². The number of esters is 1. The molecule has 14 heavy (non-hydrogen) atoms. The molecule has 4 heteroatoms. The Morgan fingerprint density at radius 3 is 2.64 bits per heavy atom. The van der Waals surface area contributed by atoms with E-state index in [-0.39, 0.29) is 11.4 Å². The van der Waals surface area contributed by atoms with E-state index in [1.807, 2.05) is 0 Å². The van der Waals surface area contributed by atoms with Gasteiger partial charge in [0.1, 0.15) is 0 Å². The molecule has 1 rings (SSSR count). The van der Waals surface area contributed by atoms with Gasteiger partial charge in [-0.25, -0.2) is 0 Å². The monoisotopic (exact) mass is 220 g/mol. The van der Waals surface area contributed by atoms with Crippen LogP contribution in [0, 0.1) is 5.41 Å². The lowest BCUT2D eigenvalue weighted by Crippen LogP contribution is -2.38. The quantitative estimate of drug-likeness (QED) is 0.537. The number of halogens is 1. The largest absolute Gasteiger partial charge is 0.469 e. The number of carbonyl (C=O) groups excluding carboxylic acids is 1. The van der Waals surface area contributed by atoms with Crippen LogP contribution in [-0.4, -0.2) is 32.2 Å². The third-order valence-corrected chi connectivity index (χ3v) is 3.12. The first-order valence-corrected chi connectivity index (χ1v) is 5.51. The smallest absolute Gasteiger partial charge is 0.311 e. The maximum Gasteiger partial charge on any atom is 0.311 e. The normalized spacial score (nSPS) is 20.4. The van der Waals surface area contributed by atoms with Crippen molar-refractivity contribution in [3.63, 3.8) is 0 Å². The van der Waals surface area contributed by atoms with Crippen LogP contribution in [0.15, 0.2) is 0 Å². The van der Waals surface area contributed by atoms with Gasteiger partial charge in [-0.15, -0.1) is 11.6 Å². The lowest BCUT2D eigenvalue weighted by atomic mass is 9.76. The second-order valence-corrected chi connectivity index (χ2v) is 4.05. The Morgan fingerprint density at radius 1 is 1.50 bits per heavy atom. The Morgan fingerprint density at radius 2 is 2.14 bits per heavy atom. The Labute approximate surface area is 89.7 Å². The average Bonchev–Trinajstić information content (AvgIpc) is 2.26. The van der Waals surface area contributed by atoms with Crippen LogP contribution < -0.4 is 0 Å². The highest BCUT2D eigenvalue weighted by molar-refractivity contribution is 6.17. The Kier molecular flexibility index (Phi) is 4.69. The lowest BCUT2D eigenvalue weighted by molar-refractivity contribution is -0.159. The minimum atomic E-state index is -0.331. The van der Waals surface area contributed by atoms with Gasteiger partial charge in [0.25, 0.3) is 0 Å². The number of hydrogen-bond acceptors (Lipinski definition) is 3. The van der Waals surface area contributed by atoms with E-state index in [9.17, 15) is 4.79 Å². The van der Waals surface area contributed by atoms with Crippen LogP contribution in [0.1, 0.15) is 25.7 Å². The Hall–Kier alpha value is -0.280. The molecule has 1 saturated heterocycles. The zero-order valence-corrected chi connectivity index (χ0v) is 9.31. The van der Waals surface area contributed by atoms with Crippen molar-refractivity contribution in [3.05, 3.63) is 0 Å². The molecule has 1 aliphatic rings. The summed E-state index contributed by atoms with van der Waals surface area (Å²) >= 11 is 5.65. The van der Waals surface area contributed by atoms with Gasteiger partial charge < -0.3 is 9.47 Å². The van der Waals surface area contributed by atoms with Crippen molar-refractivity contribution < 1.29 is 14.3 Å². The Bertz CT molecular complexity index is 188. The van der Waals surface area contributed by atoms with E-state index in [1.54, 1.807) is 0 Å². The summed E-state index contributed by atoms with van der Waals surface area (Å²) in [6, 6.07) is 0. The number of rotatable bonds is 4. The summed E-state index contributed by atoms with van der Waals surface area (Å²) in [5, 5.41) is 0. The summed E-state index contributed by atoms with van der Waals surface area (Å²) in [5.41, 5.74) is -0.331. The summed E-state index contributed by atoms with van der Waals surface area (Å²) in [7, 11) is 1.44. The fourth-order valence-electron chi connectivity index (χ4n) is 1.94. The highest BCUT2D eigenvalue weighted by atomic mass is 35.5. The van der Waals surface area contributed by atoms with Gasteiger partial charge in [0.2, 0.25) is 0 Å². The SMILES string of the molecule is COC(=O)C1(CCCCl)CCOCC1. The third kappa shape index (κ3) is 2.61. The minimum absolute atomic E-state index is 0.106. The summed E-state index contributed by atoms with van der Waals surface area (Å²) in [6.45, 7) is 1.30. The molecule has 0 bridgehead atoms. The fraction of sp³-hybridized carbons (Fsp3) is 0.900. The number of methoxy groups -OCH3 is 1. The molecule has 0 aromatic carbocycles. The molecule has 0 aromatic rings. The molecule has 1 aliphatic heterocycles. The summed E-state index contributed by atoms with van der Waals surface area (Å²) in [5.74, 6) is 0.491. The molecule has 1 heterocycles. The van der Waals surface area contributed by atoms with Crippen LogP contribution in [-0.2, 0) is 14.3 Å². The van der Waals surface area contributed by atoms with E-state index < -0.39 is 0 Å². The summed E-state index contributed by atoms with van der Waals surface area (Å²) < 4.78 is 10.1. The molecule has 0 spiro atoms. The molecule has 0 atom stereocenters. The predicted octanol–water partition coefficient (Wildman–Crippen LogP) is 1.98. The van der Waals surface area contributed by atoms with Crippen LogP contribution in [0.5, 0.6) is 0 Å². The van der Waals surface area contributed by atoms with Crippen LogP contribution in [0.25, 0.3) is 0 Å². The van der Waals surface area contributed by atoms with Gasteiger partial charge in [-0.05, 0) is 25.7 Å². The number of ether oxygens (including phenoxy) is 2. The zero-order chi connectivity index (χ0) is 10.4. The van der Waals surface area contributed by atoms with E-state index in [2.05, 4.69) is 0 Å². The molecule has 82 valence electrons. The molecule has 0 unspecified atom stereocenters. The van der Waals surface area contributed by atoms with Crippen molar-refractivity contribution in [2.75, 3.05) is 26.2 Å². The van der Waals surface area contributed by atoms with Gasteiger partial charge in [0, 0.05) is 19.1 Å². The first kappa shape index (κ1) is 11.8. The molecule has 0 amide bonds. The summed E-state index contributed by atoms with van der Waals surface area (Å²) in [4.78, 5) is 11.7. The number of carbonyl (C=O) groups is 1. The van der Waals surface area contributed by atoms with Gasteiger partial charge in [-0.3, -0.25) is 4.79 Å². The molecule has 3 nitrogen and oxygen atoms in total. The number of alkyl halides is 1. The maximum atomic E-state index is 11.7. The van der Waals surface area contributed by atoms with Gasteiger partial charge in [-0.1, -0.05) is 0 Å². The van der Waals surface area contributed by atoms with Crippen molar-refractivity contribution >= 4 is 17.6 Å². The van der Waals surface area contributed by atoms with Crippen LogP contribution >= 0.6 is 11.6 Å². The molecule has 0 saturated carbocycles. The minimum Gasteiger partial charge on any atom is -0.469 e. The summed E-state index contributed by atoms with van der Waals surface area (Å²) in [6.07, 6.45) is 3.19. The maximum absolute atomic E-state index is 11.7. The van der Waals surface area contributed by atoms with Gasteiger partial charge in [-0.2, -0.15) is 0 Å². The number of hydrogen-bond donors (Lipinski definition) is 0. The second kappa shape index (κ2) is 5.56. The third-order valence-electron chi connectivity index (χ3n) is 2.86. The molecule has 0 aliphatic carbocycles. The fourth-order valence-corrected chi connectivity index (χ4v) is 2.07. The van der Waals surface area contributed by atoms with Crippen molar-refractivity contribution in [2.24, 2.45) is 5.41 Å². The molecular formula is C10H17ClO3. The first-order valence-electron chi connectivity index (χ1n) is 4.97. The van der Waals surface area contributed by atoms with E-state index in [0.717, 1.165) is 25.7 Å². The van der Waals surface area contributed by atoms with Crippen molar-refractivity contribution in [2.45, 2.75) is 25.7 Å². The van der Waals surface area contributed by atoms with E-state index in [1.165, 1.54) is 7.11 Å². The van der Waals surface area contributed by atoms with Crippen molar-refractivity contribution in [1.29, 1.82) is 0 Å². The van der Waals surface area contributed by atoms with Crippen LogP contribution in [0.2, 0.25) is 0 Å². The van der Waals surface area contributed by atoms with E-state index in [4.69, 9.17) is 21.1 Å². The predicted molar refractivity (Wildman–Crippen MR) is 54.5 cm³/mol. The highest BCUT2D eigenvalue weighted by Gasteiger charge is 2.40. The topological polar surface area (TPSA) is 35.5 Å². The van der Waals surface area contributed by atoms with Gasteiger partial charge in [0.05, 0.1) is 12.5 Å². The van der Waals surface area contributed by atoms with Crippen LogP contribution in [0.3, 0.4) is 0 Å². The van der Waals surface area contributed by atoms with Gasteiger partial charge in [0.15, 0.2) is 0 Å². The van der Waals surface area contributed by atoms with E-state index >= 15 is 0 Å². The van der Waals surface area contributed by atoms with E-state index in [0.29, 0.717) is 19.1 Å². The lowest BCUT2D eigenvalue weighted by Gasteiger charge is -2.34. The standard InChI is InChI=1S/C10H17ClO3/c1-13-9(12)10(3-2-6-11)4-7-14-8-5-10/h2-8H2,1H3. The first-order chi connectivity index (χ1) is 6.75. The second-order valence-electron chi connectivity index (χ2n) is 3.68. The molecule has 0 N–H and O–H groups in total. The highest BCUT2D eigenvalue weighted by Crippen LogP contribution is 2.36. The Balaban J connectivity index is 2.61. The molecular weight excluding hydrogens is 204 g/mol. The molecule has 0 aromatic heterocycles. The zero-order valence-electron chi connectivity index (χ0n) is 8.55. The molecule has 1 fully saturated rings. The van der Waals surface area contributed by atoms with Crippen molar-refractivity contribution in [3.8, 4) is 0 Å². The average molecular weight is 221 g/mol.